The lowest BCUT2D eigenvalue weighted by molar-refractivity contribution is -0.118. The predicted molar refractivity (Wildman–Crippen MR) is 77.7 cm³/mol. The van der Waals surface area contributed by atoms with Crippen LogP contribution in [0.15, 0.2) is 24.3 Å². The molecule has 2 aromatic rings. The van der Waals surface area contributed by atoms with E-state index in [4.69, 9.17) is 5.73 Å². The molecule has 114 valence electrons. The van der Waals surface area contributed by atoms with Gasteiger partial charge in [0, 0.05) is 11.3 Å². The fourth-order valence-electron chi connectivity index (χ4n) is 2.05. The Morgan fingerprint density at radius 2 is 2.00 bits per heavy atom. The zero-order valence-electron chi connectivity index (χ0n) is 11.7. The summed E-state index contributed by atoms with van der Waals surface area (Å²) in [6.07, 6.45) is 2.21. The van der Waals surface area contributed by atoms with Crippen molar-refractivity contribution in [2.24, 2.45) is 5.73 Å². The standard InChI is InChI=1S/C13H15N7O2/c14-13(22)16-11(21)7-15-9-3-1-8(2-4-9)12-17-18-19-20(12)10-5-6-10/h1-4,10,15H,5-7H2,(H3,14,16,21,22). The summed E-state index contributed by atoms with van der Waals surface area (Å²) in [7, 11) is 0. The van der Waals surface area contributed by atoms with Gasteiger partial charge in [0.1, 0.15) is 0 Å². The van der Waals surface area contributed by atoms with Gasteiger partial charge in [-0.2, -0.15) is 0 Å². The van der Waals surface area contributed by atoms with E-state index in [0.29, 0.717) is 6.04 Å². The van der Waals surface area contributed by atoms with Gasteiger partial charge in [0.15, 0.2) is 5.82 Å². The second-order valence-corrected chi connectivity index (χ2v) is 5.02. The lowest BCUT2D eigenvalue weighted by Crippen LogP contribution is -2.38. The molecule has 1 aromatic carbocycles. The van der Waals surface area contributed by atoms with Crippen LogP contribution < -0.4 is 16.4 Å². The number of anilines is 1. The van der Waals surface area contributed by atoms with Crippen LogP contribution in [0.1, 0.15) is 18.9 Å². The van der Waals surface area contributed by atoms with Gasteiger partial charge in [-0.05, 0) is 47.5 Å². The minimum absolute atomic E-state index is 0.0396. The summed E-state index contributed by atoms with van der Waals surface area (Å²) < 4.78 is 1.84. The minimum Gasteiger partial charge on any atom is -0.376 e. The zero-order valence-corrected chi connectivity index (χ0v) is 11.7. The van der Waals surface area contributed by atoms with Crippen LogP contribution in [0.25, 0.3) is 11.4 Å². The number of aromatic nitrogens is 4. The molecule has 0 spiro atoms. The molecular formula is C13H15N7O2. The van der Waals surface area contributed by atoms with E-state index >= 15 is 0 Å². The Balaban J connectivity index is 1.64. The van der Waals surface area contributed by atoms with Crippen LogP contribution >= 0.6 is 0 Å². The van der Waals surface area contributed by atoms with Crippen LogP contribution in [0.5, 0.6) is 0 Å². The third-order valence-corrected chi connectivity index (χ3v) is 3.24. The quantitative estimate of drug-likeness (QED) is 0.727. The van der Waals surface area contributed by atoms with Crippen LogP contribution in [-0.4, -0.2) is 38.7 Å². The average Bonchev–Trinajstić information content (AvgIpc) is 3.22. The fourth-order valence-corrected chi connectivity index (χ4v) is 2.05. The van der Waals surface area contributed by atoms with Crippen molar-refractivity contribution in [1.82, 2.24) is 25.5 Å². The summed E-state index contributed by atoms with van der Waals surface area (Å²) in [5.74, 6) is 0.245. The normalized spacial score (nSPS) is 13.6. The highest BCUT2D eigenvalue weighted by Gasteiger charge is 2.28. The van der Waals surface area contributed by atoms with Crippen LogP contribution in [0.3, 0.4) is 0 Å². The van der Waals surface area contributed by atoms with E-state index in [9.17, 15) is 9.59 Å². The molecule has 0 aliphatic heterocycles. The second-order valence-electron chi connectivity index (χ2n) is 5.02. The molecule has 3 rings (SSSR count). The van der Waals surface area contributed by atoms with Crippen molar-refractivity contribution >= 4 is 17.6 Å². The number of hydrogen-bond acceptors (Lipinski definition) is 6. The molecule has 22 heavy (non-hydrogen) atoms. The molecule has 0 atom stereocenters. The number of carbonyl (C=O) groups excluding carboxylic acids is 2. The van der Waals surface area contributed by atoms with Crippen LogP contribution in [0, 0.1) is 0 Å². The maximum absolute atomic E-state index is 11.3. The van der Waals surface area contributed by atoms with E-state index < -0.39 is 11.9 Å². The van der Waals surface area contributed by atoms with Crippen molar-refractivity contribution in [1.29, 1.82) is 0 Å². The minimum atomic E-state index is -0.867. The smallest absolute Gasteiger partial charge is 0.318 e. The summed E-state index contributed by atoms with van der Waals surface area (Å²) >= 11 is 0. The number of hydrogen-bond donors (Lipinski definition) is 3. The molecule has 0 bridgehead atoms. The summed E-state index contributed by atoms with van der Waals surface area (Å²) in [4.78, 5) is 21.8. The van der Waals surface area contributed by atoms with Gasteiger partial charge in [0.05, 0.1) is 12.6 Å². The summed E-state index contributed by atoms with van der Waals surface area (Å²) in [5, 5.41) is 16.7. The van der Waals surface area contributed by atoms with Gasteiger partial charge in [-0.25, -0.2) is 9.48 Å². The lowest BCUT2D eigenvalue weighted by atomic mass is 10.2. The molecule has 3 amide bonds. The largest absolute Gasteiger partial charge is 0.376 e. The third-order valence-electron chi connectivity index (χ3n) is 3.24. The van der Waals surface area contributed by atoms with Crippen molar-refractivity contribution in [2.75, 3.05) is 11.9 Å². The van der Waals surface area contributed by atoms with E-state index in [1.807, 2.05) is 34.3 Å². The molecule has 0 radical (unpaired) electrons. The number of nitrogens with zero attached hydrogens (tertiary/aromatic N) is 4. The summed E-state index contributed by atoms with van der Waals surface area (Å²) in [5.41, 5.74) is 6.51. The Hall–Kier alpha value is -2.97. The number of nitrogens with two attached hydrogens (primary N) is 1. The Kier molecular flexibility index (Phi) is 3.69. The molecule has 1 aliphatic rings. The van der Waals surface area contributed by atoms with Crippen molar-refractivity contribution in [3.05, 3.63) is 24.3 Å². The molecule has 0 saturated heterocycles. The fraction of sp³-hybridized carbons (Fsp3) is 0.308. The Bertz CT molecular complexity index is 691. The summed E-state index contributed by atoms with van der Waals surface area (Å²) in [6, 6.07) is 6.92. The Morgan fingerprint density at radius 3 is 2.64 bits per heavy atom. The molecule has 1 heterocycles. The van der Waals surface area contributed by atoms with Crippen molar-refractivity contribution in [3.63, 3.8) is 0 Å². The molecule has 1 fully saturated rings. The first-order chi connectivity index (χ1) is 10.6. The molecule has 9 nitrogen and oxygen atoms in total. The van der Waals surface area contributed by atoms with Gasteiger partial charge < -0.3 is 11.1 Å². The van der Waals surface area contributed by atoms with E-state index in [0.717, 1.165) is 29.9 Å². The van der Waals surface area contributed by atoms with Gasteiger partial charge in [-0.15, -0.1) is 5.10 Å². The number of primary amides is 1. The molecule has 4 N–H and O–H groups in total. The SMILES string of the molecule is NC(=O)NC(=O)CNc1ccc(-c2nnnn2C2CC2)cc1. The summed E-state index contributed by atoms with van der Waals surface area (Å²) in [6.45, 7) is -0.0396. The number of benzene rings is 1. The molecule has 0 unspecified atom stereocenters. The molecule has 9 heteroatoms. The Labute approximate surface area is 125 Å². The van der Waals surface area contributed by atoms with Gasteiger partial charge >= 0.3 is 6.03 Å². The number of imide groups is 1. The Morgan fingerprint density at radius 1 is 1.27 bits per heavy atom. The molecule has 1 aliphatic carbocycles. The first-order valence-corrected chi connectivity index (χ1v) is 6.85. The maximum Gasteiger partial charge on any atom is 0.318 e. The van der Waals surface area contributed by atoms with Crippen LogP contribution in [0.4, 0.5) is 10.5 Å². The zero-order chi connectivity index (χ0) is 15.5. The number of rotatable bonds is 5. The monoisotopic (exact) mass is 301 g/mol. The van der Waals surface area contributed by atoms with E-state index in [1.54, 1.807) is 0 Å². The van der Waals surface area contributed by atoms with Crippen LogP contribution in [-0.2, 0) is 4.79 Å². The number of carbonyl (C=O) groups is 2. The maximum atomic E-state index is 11.3. The number of urea groups is 1. The van der Waals surface area contributed by atoms with E-state index in [-0.39, 0.29) is 6.54 Å². The number of nitrogens with one attached hydrogen (secondary N) is 2. The number of tetrazole rings is 1. The molecular weight excluding hydrogens is 286 g/mol. The first kappa shape index (κ1) is 14.0. The topological polar surface area (TPSA) is 128 Å². The highest BCUT2D eigenvalue weighted by Crippen LogP contribution is 2.36. The molecule has 1 aromatic heterocycles. The van der Waals surface area contributed by atoms with Crippen molar-refractivity contribution < 1.29 is 9.59 Å². The van der Waals surface area contributed by atoms with Crippen LogP contribution in [0.2, 0.25) is 0 Å². The highest BCUT2D eigenvalue weighted by molar-refractivity contribution is 5.95. The van der Waals surface area contributed by atoms with E-state index in [2.05, 4.69) is 20.8 Å². The first-order valence-electron chi connectivity index (χ1n) is 6.85. The van der Waals surface area contributed by atoms with Gasteiger partial charge in [0.25, 0.3) is 0 Å². The average molecular weight is 301 g/mol. The van der Waals surface area contributed by atoms with Gasteiger partial charge in [-0.3, -0.25) is 10.1 Å². The third kappa shape index (κ3) is 3.19. The molecule has 1 saturated carbocycles. The highest BCUT2D eigenvalue weighted by atomic mass is 16.2. The van der Waals surface area contributed by atoms with E-state index in [1.165, 1.54) is 0 Å². The van der Waals surface area contributed by atoms with Gasteiger partial charge in [0.2, 0.25) is 5.91 Å². The predicted octanol–water partition coefficient (Wildman–Crippen LogP) is 0.282. The number of amides is 3. The van der Waals surface area contributed by atoms with Crippen molar-refractivity contribution in [2.45, 2.75) is 18.9 Å². The van der Waals surface area contributed by atoms with Gasteiger partial charge in [-0.1, -0.05) is 0 Å². The second kappa shape index (κ2) is 5.80. The lowest BCUT2D eigenvalue weighted by Gasteiger charge is -2.07. The van der Waals surface area contributed by atoms with Crippen molar-refractivity contribution in [3.8, 4) is 11.4 Å².